The number of anilines is 1. The second-order valence-electron chi connectivity index (χ2n) is 7.26. The lowest BCUT2D eigenvalue weighted by Gasteiger charge is -2.41. The summed E-state index contributed by atoms with van der Waals surface area (Å²) < 4.78 is 36.3. The Morgan fingerprint density at radius 2 is 1.96 bits per heavy atom. The van der Waals surface area contributed by atoms with Crippen LogP contribution in [0.15, 0.2) is 0 Å². The largest absolute Gasteiger partial charge is 0.486 e. The third-order valence-electron chi connectivity index (χ3n) is 5.12. The molecular weight excluding hydrogens is 330 g/mol. The van der Waals surface area contributed by atoms with Gasteiger partial charge in [0.2, 0.25) is 0 Å². The number of morpholine rings is 1. The van der Waals surface area contributed by atoms with Crippen molar-refractivity contribution in [2.45, 2.75) is 49.7 Å². The molecule has 1 saturated heterocycles. The summed E-state index contributed by atoms with van der Waals surface area (Å²) in [6, 6.07) is 0.122. The van der Waals surface area contributed by atoms with E-state index in [1.54, 1.807) is 20.8 Å². The smallest absolute Gasteiger partial charge is 0.185 e. The maximum atomic E-state index is 12.9. The second kappa shape index (κ2) is 5.29. The number of aromatic nitrogens is 2. The number of rotatable bonds is 3. The number of hydrogen-bond donors (Lipinski definition) is 0. The number of nitrogens with zero attached hydrogens (tertiary/aromatic N) is 3. The molecule has 2 aliphatic heterocycles. The molecule has 1 aromatic heterocycles. The van der Waals surface area contributed by atoms with Crippen LogP contribution in [0.1, 0.15) is 38.2 Å². The van der Waals surface area contributed by atoms with Crippen LogP contribution >= 0.6 is 0 Å². The van der Waals surface area contributed by atoms with Gasteiger partial charge in [0.05, 0.1) is 24.5 Å². The Hall–Kier alpha value is -1.41. The van der Waals surface area contributed by atoms with Crippen LogP contribution in [-0.4, -0.2) is 56.0 Å². The van der Waals surface area contributed by atoms with Gasteiger partial charge in [0.25, 0.3) is 0 Å². The summed E-state index contributed by atoms with van der Waals surface area (Å²) in [5.41, 5.74) is 0.488. The van der Waals surface area contributed by atoms with Gasteiger partial charge in [0.1, 0.15) is 22.9 Å². The highest BCUT2D eigenvalue weighted by molar-refractivity contribution is 7.93. The molecule has 1 aliphatic carbocycles. The van der Waals surface area contributed by atoms with Crippen LogP contribution < -0.4 is 9.64 Å². The van der Waals surface area contributed by atoms with Crippen molar-refractivity contribution in [2.75, 3.05) is 31.3 Å². The van der Waals surface area contributed by atoms with Crippen LogP contribution in [0.4, 0.5) is 5.82 Å². The van der Waals surface area contributed by atoms with Gasteiger partial charge in [-0.1, -0.05) is 0 Å². The predicted octanol–water partition coefficient (Wildman–Crippen LogP) is 1.19. The second-order valence-corrected chi connectivity index (χ2v) is 10.0. The lowest BCUT2D eigenvalue weighted by atomic mass is 10.1. The molecule has 0 radical (unpaired) electrons. The standard InChI is InChI=1S/C16H23N3O4S/c1-10-17-14(16(2,3)24(20,21)12-4-5-12)13-15(18-10)19-6-7-22-8-11(19)9-23-13/h11-12H,4-9H2,1-3H3. The first-order chi connectivity index (χ1) is 11.3. The summed E-state index contributed by atoms with van der Waals surface area (Å²) in [7, 11) is -3.31. The lowest BCUT2D eigenvalue weighted by Crippen LogP contribution is -2.52. The summed E-state index contributed by atoms with van der Waals surface area (Å²) >= 11 is 0. The fraction of sp³-hybridized carbons (Fsp3) is 0.750. The quantitative estimate of drug-likeness (QED) is 0.807. The van der Waals surface area contributed by atoms with Gasteiger partial charge in [-0.25, -0.2) is 18.4 Å². The first-order valence-corrected chi connectivity index (χ1v) is 9.97. The maximum Gasteiger partial charge on any atom is 0.185 e. The third kappa shape index (κ3) is 2.30. The van der Waals surface area contributed by atoms with Crippen LogP contribution in [0.25, 0.3) is 0 Å². The Morgan fingerprint density at radius 1 is 1.21 bits per heavy atom. The molecule has 0 amide bonds. The zero-order valence-corrected chi connectivity index (χ0v) is 15.1. The van der Waals surface area contributed by atoms with Gasteiger partial charge >= 0.3 is 0 Å². The normalized spacial score (nSPS) is 24.1. The number of hydrogen-bond acceptors (Lipinski definition) is 7. The first-order valence-electron chi connectivity index (χ1n) is 8.42. The van der Waals surface area contributed by atoms with E-state index in [1.807, 2.05) is 0 Å². The van der Waals surface area contributed by atoms with E-state index in [9.17, 15) is 8.42 Å². The molecule has 0 bridgehead atoms. The van der Waals surface area contributed by atoms with E-state index in [0.717, 1.165) is 19.4 Å². The zero-order chi connectivity index (χ0) is 17.1. The van der Waals surface area contributed by atoms with E-state index in [2.05, 4.69) is 14.9 Å². The minimum absolute atomic E-state index is 0.122. The van der Waals surface area contributed by atoms with Crippen LogP contribution in [0.2, 0.25) is 0 Å². The summed E-state index contributed by atoms with van der Waals surface area (Å²) in [6.45, 7) is 7.70. The minimum Gasteiger partial charge on any atom is -0.486 e. The maximum absolute atomic E-state index is 12.9. The van der Waals surface area contributed by atoms with E-state index >= 15 is 0 Å². The highest BCUT2D eigenvalue weighted by atomic mass is 32.2. The van der Waals surface area contributed by atoms with Crippen molar-refractivity contribution in [3.8, 4) is 5.75 Å². The molecule has 2 fully saturated rings. The predicted molar refractivity (Wildman–Crippen MR) is 89.2 cm³/mol. The highest BCUT2D eigenvalue weighted by Crippen LogP contribution is 2.46. The first kappa shape index (κ1) is 16.1. The van der Waals surface area contributed by atoms with E-state index in [4.69, 9.17) is 9.47 Å². The minimum atomic E-state index is -3.31. The van der Waals surface area contributed by atoms with Crippen molar-refractivity contribution < 1.29 is 17.9 Å². The molecular formula is C16H23N3O4S. The Labute approximate surface area is 142 Å². The van der Waals surface area contributed by atoms with E-state index in [0.29, 0.717) is 42.9 Å². The highest BCUT2D eigenvalue weighted by Gasteiger charge is 2.50. The molecule has 7 nitrogen and oxygen atoms in total. The monoisotopic (exact) mass is 353 g/mol. The van der Waals surface area contributed by atoms with Gasteiger partial charge in [-0.15, -0.1) is 0 Å². The van der Waals surface area contributed by atoms with Gasteiger partial charge in [0.15, 0.2) is 21.4 Å². The molecule has 1 unspecified atom stereocenters. The molecule has 0 spiro atoms. The zero-order valence-electron chi connectivity index (χ0n) is 14.3. The van der Waals surface area contributed by atoms with Gasteiger partial charge in [-0.2, -0.15) is 0 Å². The summed E-state index contributed by atoms with van der Waals surface area (Å²) in [6.07, 6.45) is 1.48. The van der Waals surface area contributed by atoms with Crippen molar-refractivity contribution in [1.82, 2.24) is 9.97 Å². The topological polar surface area (TPSA) is 81.6 Å². The number of fused-ring (bicyclic) bond motifs is 3. The fourth-order valence-corrected chi connectivity index (χ4v) is 5.46. The molecule has 3 aliphatic rings. The van der Waals surface area contributed by atoms with Crippen LogP contribution in [0, 0.1) is 6.92 Å². The van der Waals surface area contributed by atoms with E-state index < -0.39 is 14.6 Å². The average Bonchev–Trinajstić information content (AvgIpc) is 3.39. The SMILES string of the molecule is Cc1nc2c(c(C(C)(C)S(=O)(=O)C3CC3)n1)OCC1COCCN21. The molecule has 3 heterocycles. The molecule has 1 saturated carbocycles. The van der Waals surface area contributed by atoms with Gasteiger partial charge < -0.3 is 14.4 Å². The molecule has 24 heavy (non-hydrogen) atoms. The average molecular weight is 353 g/mol. The molecule has 1 atom stereocenters. The molecule has 8 heteroatoms. The molecule has 0 aromatic carbocycles. The summed E-state index contributed by atoms with van der Waals surface area (Å²) in [4.78, 5) is 11.2. The number of ether oxygens (including phenoxy) is 2. The molecule has 1 aromatic rings. The number of sulfone groups is 1. The Morgan fingerprint density at radius 3 is 2.67 bits per heavy atom. The Balaban J connectivity index is 1.84. The van der Waals surface area contributed by atoms with Gasteiger partial charge in [0, 0.05) is 6.54 Å². The molecule has 0 N–H and O–H groups in total. The fourth-order valence-electron chi connectivity index (χ4n) is 3.46. The summed E-state index contributed by atoms with van der Waals surface area (Å²) in [5.74, 6) is 1.79. The van der Waals surface area contributed by atoms with Crippen LogP contribution in [-0.2, 0) is 19.3 Å². The van der Waals surface area contributed by atoms with Crippen molar-refractivity contribution in [2.24, 2.45) is 0 Å². The Kier molecular flexibility index (Phi) is 3.55. The number of aryl methyl sites for hydroxylation is 1. The van der Waals surface area contributed by atoms with E-state index in [-0.39, 0.29) is 11.3 Å². The van der Waals surface area contributed by atoms with Crippen molar-refractivity contribution in [1.29, 1.82) is 0 Å². The Bertz CT molecular complexity index is 774. The van der Waals surface area contributed by atoms with Crippen LogP contribution in [0.5, 0.6) is 5.75 Å². The van der Waals surface area contributed by atoms with Crippen molar-refractivity contribution in [3.63, 3.8) is 0 Å². The summed E-state index contributed by atoms with van der Waals surface area (Å²) in [5, 5.41) is -0.252. The lowest BCUT2D eigenvalue weighted by molar-refractivity contribution is 0.0690. The molecule has 4 rings (SSSR count). The van der Waals surface area contributed by atoms with Crippen LogP contribution in [0.3, 0.4) is 0 Å². The van der Waals surface area contributed by atoms with E-state index in [1.165, 1.54) is 0 Å². The van der Waals surface area contributed by atoms with Gasteiger partial charge in [-0.3, -0.25) is 0 Å². The molecule has 132 valence electrons. The third-order valence-corrected chi connectivity index (χ3v) is 8.09. The van der Waals surface area contributed by atoms with Gasteiger partial charge in [-0.05, 0) is 33.6 Å². The van der Waals surface area contributed by atoms with Crippen molar-refractivity contribution >= 4 is 15.7 Å². The van der Waals surface area contributed by atoms with Crippen molar-refractivity contribution in [3.05, 3.63) is 11.5 Å².